The fourth-order valence-electron chi connectivity index (χ4n) is 2.83. The van der Waals surface area contributed by atoms with E-state index >= 15 is 0 Å². The van der Waals surface area contributed by atoms with E-state index in [1.165, 1.54) is 12.1 Å². The van der Waals surface area contributed by atoms with Gasteiger partial charge in [-0.05, 0) is 37.0 Å². The van der Waals surface area contributed by atoms with Crippen molar-refractivity contribution >= 4 is 11.9 Å². The van der Waals surface area contributed by atoms with Crippen LogP contribution in [-0.2, 0) is 16.0 Å². The summed E-state index contributed by atoms with van der Waals surface area (Å²) in [4.78, 5) is 23.1. The zero-order valence-electron chi connectivity index (χ0n) is 11.8. The molecule has 0 aliphatic heterocycles. The van der Waals surface area contributed by atoms with Gasteiger partial charge in [-0.15, -0.1) is 0 Å². The van der Waals surface area contributed by atoms with E-state index in [0.29, 0.717) is 19.3 Å². The maximum absolute atomic E-state index is 13.0. The van der Waals surface area contributed by atoms with Crippen LogP contribution in [0.1, 0.15) is 37.7 Å². The minimum Gasteiger partial charge on any atom is -0.481 e. The van der Waals surface area contributed by atoms with Crippen molar-refractivity contribution in [3.8, 4) is 0 Å². The average Bonchev–Trinajstić information content (AvgIpc) is 2.45. The van der Waals surface area contributed by atoms with Crippen molar-refractivity contribution in [3.05, 3.63) is 35.6 Å². The van der Waals surface area contributed by atoms with Crippen LogP contribution in [0.4, 0.5) is 4.39 Å². The summed E-state index contributed by atoms with van der Waals surface area (Å²) in [5, 5.41) is 12.0. The minimum absolute atomic E-state index is 0.169. The van der Waals surface area contributed by atoms with E-state index in [0.717, 1.165) is 18.4 Å². The van der Waals surface area contributed by atoms with E-state index in [1.807, 2.05) is 0 Å². The lowest BCUT2D eigenvalue weighted by Crippen LogP contribution is -2.45. The van der Waals surface area contributed by atoms with Crippen LogP contribution in [0.2, 0.25) is 0 Å². The van der Waals surface area contributed by atoms with E-state index in [9.17, 15) is 14.0 Å². The molecule has 0 radical (unpaired) electrons. The third-order valence-corrected chi connectivity index (χ3v) is 3.96. The molecular formula is C16H20FNO3. The van der Waals surface area contributed by atoms with Crippen LogP contribution in [-0.4, -0.2) is 23.0 Å². The number of benzene rings is 1. The molecule has 1 fully saturated rings. The predicted molar refractivity (Wildman–Crippen MR) is 76.2 cm³/mol. The number of nitrogens with one attached hydrogen (secondary N) is 1. The Morgan fingerprint density at radius 1 is 1.29 bits per heavy atom. The van der Waals surface area contributed by atoms with Gasteiger partial charge in [0.2, 0.25) is 5.91 Å². The SMILES string of the molecule is O=C(CCc1cccc(F)c1)N[C@@H]1CCCC[C@@H]1C(=O)O. The van der Waals surface area contributed by atoms with E-state index < -0.39 is 11.9 Å². The molecule has 0 aromatic heterocycles. The average molecular weight is 293 g/mol. The van der Waals surface area contributed by atoms with Crippen molar-refractivity contribution in [2.24, 2.45) is 5.92 Å². The second kappa shape index (κ2) is 7.20. The smallest absolute Gasteiger partial charge is 0.308 e. The van der Waals surface area contributed by atoms with E-state index in [-0.39, 0.29) is 24.2 Å². The topological polar surface area (TPSA) is 66.4 Å². The van der Waals surface area contributed by atoms with Gasteiger partial charge in [0, 0.05) is 12.5 Å². The fraction of sp³-hybridized carbons (Fsp3) is 0.500. The molecule has 0 unspecified atom stereocenters. The van der Waals surface area contributed by atoms with Gasteiger partial charge in [-0.25, -0.2) is 4.39 Å². The van der Waals surface area contributed by atoms with E-state index in [4.69, 9.17) is 5.11 Å². The van der Waals surface area contributed by atoms with E-state index in [2.05, 4.69) is 5.32 Å². The number of carbonyl (C=O) groups excluding carboxylic acids is 1. The molecule has 0 heterocycles. The Morgan fingerprint density at radius 2 is 2.05 bits per heavy atom. The first kappa shape index (κ1) is 15.5. The highest BCUT2D eigenvalue weighted by Gasteiger charge is 2.31. The van der Waals surface area contributed by atoms with Crippen LogP contribution in [0.3, 0.4) is 0 Å². The van der Waals surface area contributed by atoms with Gasteiger partial charge in [0.1, 0.15) is 5.82 Å². The first-order chi connectivity index (χ1) is 10.1. The minimum atomic E-state index is -0.842. The molecule has 1 aromatic carbocycles. The first-order valence-electron chi connectivity index (χ1n) is 7.33. The molecule has 1 aliphatic rings. The molecule has 0 spiro atoms. The van der Waals surface area contributed by atoms with Crippen molar-refractivity contribution in [2.75, 3.05) is 0 Å². The van der Waals surface area contributed by atoms with Gasteiger partial charge in [0.25, 0.3) is 0 Å². The highest BCUT2D eigenvalue weighted by atomic mass is 19.1. The quantitative estimate of drug-likeness (QED) is 0.876. The Balaban J connectivity index is 1.84. The summed E-state index contributed by atoms with van der Waals surface area (Å²) in [5.74, 6) is -1.81. The Labute approximate surface area is 123 Å². The molecule has 0 bridgehead atoms. The largest absolute Gasteiger partial charge is 0.481 e. The number of amides is 1. The van der Waals surface area contributed by atoms with Gasteiger partial charge in [-0.2, -0.15) is 0 Å². The second-order valence-electron chi connectivity index (χ2n) is 5.53. The number of aliphatic carboxylic acids is 1. The molecule has 2 N–H and O–H groups in total. The highest BCUT2D eigenvalue weighted by molar-refractivity contribution is 5.78. The lowest BCUT2D eigenvalue weighted by atomic mass is 9.84. The Hall–Kier alpha value is -1.91. The lowest BCUT2D eigenvalue weighted by molar-refractivity contribution is -0.144. The molecule has 1 aliphatic carbocycles. The molecule has 0 saturated heterocycles. The Bertz CT molecular complexity index is 518. The van der Waals surface area contributed by atoms with Crippen molar-refractivity contribution in [1.29, 1.82) is 0 Å². The van der Waals surface area contributed by atoms with Gasteiger partial charge >= 0.3 is 5.97 Å². The molecule has 4 nitrogen and oxygen atoms in total. The normalized spacial score (nSPS) is 21.8. The Kier molecular flexibility index (Phi) is 5.31. The molecule has 5 heteroatoms. The summed E-state index contributed by atoms with van der Waals surface area (Å²) >= 11 is 0. The number of rotatable bonds is 5. The molecular weight excluding hydrogens is 273 g/mol. The van der Waals surface area contributed by atoms with Crippen LogP contribution in [0.25, 0.3) is 0 Å². The Morgan fingerprint density at radius 3 is 2.76 bits per heavy atom. The van der Waals surface area contributed by atoms with Crippen molar-refractivity contribution in [1.82, 2.24) is 5.32 Å². The van der Waals surface area contributed by atoms with Gasteiger partial charge in [-0.3, -0.25) is 9.59 Å². The van der Waals surface area contributed by atoms with Crippen molar-refractivity contribution in [2.45, 2.75) is 44.6 Å². The van der Waals surface area contributed by atoms with Gasteiger partial charge in [0.15, 0.2) is 0 Å². The fourth-order valence-corrected chi connectivity index (χ4v) is 2.83. The zero-order chi connectivity index (χ0) is 15.2. The number of hydrogen-bond acceptors (Lipinski definition) is 2. The van der Waals surface area contributed by atoms with Gasteiger partial charge in [0.05, 0.1) is 5.92 Å². The number of hydrogen-bond donors (Lipinski definition) is 2. The molecule has 2 rings (SSSR count). The van der Waals surface area contributed by atoms with Crippen molar-refractivity contribution in [3.63, 3.8) is 0 Å². The van der Waals surface area contributed by atoms with Gasteiger partial charge < -0.3 is 10.4 Å². The van der Waals surface area contributed by atoms with Crippen LogP contribution in [0.5, 0.6) is 0 Å². The van der Waals surface area contributed by atoms with Crippen LogP contribution < -0.4 is 5.32 Å². The number of halogens is 1. The standard InChI is InChI=1S/C16H20FNO3/c17-12-5-3-4-11(10-12)8-9-15(19)18-14-7-2-1-6-13(14)16(20)21/h3-5,10,13-14H,1-2,6-9H2,(H,18,19)(H,20,21)/t13-,14+/m0/s1. The van der Waals surface area contributed by atoms with Gasteiger partial charge in [-0.1, -0.05) is 25.0 Å². The third kappa shape index (κ3) is 4.55. The van der Waals surface area contributed by atoms with Crippen LogP contribution in [0, 0.1) is 11.7 Å². The molecule has 2 atom stereocenters. The first-order valence-corrected chi connectivity index (χ1v) is 7.33. The number of aryl methyl sites for hydroxylation is 1. The predicted octanol–water partition coefficient (Wildman–Crippen LogP) is 2.52. The molecule has 1 saturated carbocycles. The summed E-state index contributed by atoms with van der Waals surface area (Å²) in [5.41, 5.74) is 0.767. The highest BCUT2D eigenvalue weighted by Crippen LogP contribution is 2.24. The molecule has 21 heavy (non-hydrogen) atoms. The van der Waals surface area contributed by atoms with Crippen LogP contribution in [0.15, 0.2) is 24.3 Å². The molecule has 1 amide bonds. The summed E-state index contributed by atoms with van der Waals surface area (Å²) in [6.45, 7) is 0. The number of carbonyl (C=O) groups is 2. The van der Waals surface area contributed by atoms with Crippen molar-refractivity contribution < 1.29 is 19.1 Å². The molecule has 1 aromatic rings. The van der Waals surface area contributed by atoms with E-state index in [1.54, 1.807) is 12.1 Å². The summed E-state index contributed by atoms with van der Waals surface area (Å²) < 4.78 is 13.0. The summed E-state index contributed by atoms with van der Waals surface area (Å²) in [6.07, 6.45) is 3.86. The zero-order valence-corrected chi connectivity index (χ0v) is 11.8. The third-order valence-electron chi connectivity index (χ3n) is 3.96. The monoisotopic (exact) mass is 293 g/mol. The summed E-state index contributed by atoms with van der Waals surface area (Å²) in [6, 6.07) is 5.88. The second-order valence-corrected chi connectivity index (χ2v) is 5.53. The maximum Gasteiger partial charge on any atom is 0.308 e. The molecule has 114 valence electrons. The van der Waals surface area contributed by atoms with Crippen LogP contribution >= 0.6 is 0 Å². The summed E-state index contributed by atoms with van der Waals surface area (Å²) in [7, 11) is 0. The number of carboxylic acid groups (broad SMARTS) is 1. The maximum atomic E-state index is 13.0. The number of carboxylic acids is 1. The lowest BCUT2D eigenvalue weighted by Gasteiger charge is -2.29.